The molecular formula is C30H48O4. The Morgan fingerprint density at radius 2 is 1.50 bits per heavy atom. The summed E-state index contributed by atoms with van der Waals surface area (Å²) >= 11 is 0. The highest BCUT2D eigenvalue weighted by Gasteiger charge is 2.69. The average Bonchev–Trinajstić information content (AvgIpc) is 2.73. The van der Waals surface area contributed by atoms with Crippen LogP contribution in [-0.4, -0.2) is 33.5 Å². The van der Waals surface area contributed by atoms with Crippen LogP contribution in [0, 0.1) is 50.2 Å². The predicted octanol–water partition coefficient (Wildman–Crippen LogP) is 6.20. The Hall–Kier alpha value is -0.870. The third-order valence-corrected chi connectivity index (χ3v) is 13.4. The van der Waals surface area contributed by atoms with Crippen molar-refractivity contribution in [3.8, 4) is 0 Å². The first-order chi connectivity index (χ1) is 15.6. The van der Waals surface area contributed by atoms with E-state index in [2.05, 4.69) is 47.6 Å². The lowest BCUT2D eigenvalue weighted by Gasteiger charge is -2.71. The van der Waals surface area contributed by atoms with Crippen LogP contribution in [0.3, 0.4) is 0 Å². The number of rotatable bonds is 1. The fraction of sp³-hybridized carbons (Fsp3) is 0.900. The van der Waals surface area contributed by atoms with Gasteiger partial charge in [0.2, 0.25) is 0 Å². The summed E-state index contributed by atoms with van der Waals surface area (Å²) in [6.45, 7) is 16.2. The lowest BCUT2D eigenvalue weighted by molar-refractivity contribution is -0.208. The monoisotopic (exact) mass is 472 g/mol. The minimum Gasteiger partial charge on any atom is -0.481 e. The van der Waals surface area contributed by atoms with E-state index in [4.69, 9.17) is 0 Å². The number of aliphatic hydroxyl groups excluding tert-OH is 2. The number of allylic oxidation sites excluding steroid dienone is 2. The van der Waals surface area contributed by atoms with Gasteiger partial charge in [-0.3, -0.25) is 4.79 Å². The smallest absolute Gasteiger partial charge is 0.309 e. The highest BCUT2D eigenvalue weighted by Crippen LogP contribution is 2.75. The highest BCUT2D eigenvalue weighted by atomic mass is 16.4. The van der Waals surface area contributed by atoms with Gasteiger partial charge in [-0.15, -0.1) is 0 Å². The third-order valence-electron chi connectivity index (χ3n) is 13.4. The highest BCUT2D eigenvalue weighted by molar-refractivity contribution is 5.74. The molecular weight excluding hydrogens is 424 g/mol. The summed E-state index contributed by atoms with van der Waals surface area (Å²) in [7, 11) is 0. The van der Waals surface area contributed by atoms with Crippen LogP contribution in [0.4, 0.5) is 0 Å². The van der Waals surface area contributed by atoms with E-state index in [1.807, 2.05) is 6.92 Å². The van der Waals surface area contributed by atoms with Gasteiger partial charge < -0.3 is 15.3 Å². The van der Waals surface area contributed by atoms with E-state index in [-0.39, 0.29) is 39.1 Å². The second-order valence-electron chi connectivity index (χ2n) is 15.0. The Morgan fingerprint density at radius 1 is 0.824 bits per heavy atom. The predicted molar refractivity (Wildman–Crippen MR) is 134 cm³/mol. The Kier molecular flexibility index (Phi) is 5.20. The summed E-state index contributed by atoms with van der Waals surface area (Å²) in [5.74, 6) is 0.463. The van der Waals surface area contributed by atoms with E-state index in [0.29, 0.717) is 24.7 Å². The lowest BCUT2D eigenvalue weighted by atomic mass is 9.33. The molecule has 5 aliphatic rings. The van der Waals surface area contributed by atoms with Crippen LogP contribution >= 0.6 is 0 Å². The van der Waals surface area contributed by atoms with E-state index < -0.39 is 17.5 Å². The van der Waals surface area contributed by atoms with Crippen molar-refractivity contribution < 1.29 is 20.1 Å². The Bertz CT molecular complexity index is 923. The molecule has 0 aromatic carbocycles. The van der Waals surface area contributed by atoms with Gasteiger partial charge in [-0.1, -0.05) is 53.2 Å². The maximum atomic E-state index is 12.3. The average molecular weight is 473 g/mol. The van der Waals surface area contributed by atoms with Crippen LogP contribution < -0.4 is 0 Å². The summed E-state index contributed by atoms with van der Waals surface area (Å²) in [6, 6.07) is 0. The van der Waals surface area contributed by atoms with Crippen LogP contribution in [0.1, 0.15) is 106 Å². The first-order valence-corrected chi connectivity index (χ1v) is 13.9. The molecule has 0 radical (unpaired) electrons. The molecule has 0 heterocycles. The molecule has 4 heteroatoms. The molecule has 0 aliphatic heterocycles. The van der Waals surface area contributed by atoms with Crippen LogP contribution in [0.15, 0.2) is 11.6 Å². The van der Waals surface area contributed by atoms with Crippen molar-refractivity contribution in [3.05, 3.63) is 11.6 Å². The summed E-state index contributed by atoms with van der Waals surface area (Å²) in [4.78, 5) is 12.3. The summed E-state index contributed by atoms with van der Waals surface area (Å²) in [5, 5.41) is 32.2. The molecule has 0 saturated heterocycles. The van der Waals surface area contributed by atoms with Gasteiger partial charge in [0.1, 0.15) is 0 Å². The van der Waals surface area contributed by atoms with E-state index in [0.717, 1.165) is 38.5 Å². The number of carboxylic acid groups (broad SMARTS) is 1. The molecule has 0 bridgehead atoms. The molecule has 0 unspecified atom stereocenters. The molecule has 5 rings (SSSR count). The van der Waals surface area contributed by atoms with Gasteiger partial charge in [0.25, 0.3) is 0 Å². The number of aliphatic carboxylic acids is 1. The van der Waals surface area contributed by atoms with Crippen LogP contribution in [0.25, 0.3) is 0 Å². The van der Waals surface area contributed by atoms with Crippen LogP contribution in [0.5, 0.6) is 0 Å². The van der Waals surface area contributed by atoms with Gasteiger partial charge in [-0.2, -0.15) is 0 Å². The molecule has 4 saturated carbocycles. The fourth-order valence-electron chi connectivity index (χ4n) is 10.6. The summed E-state index contributed by atoms with van der Waals surface area (Å²) in [5.41, 5.74) is 0.706. The second-order valence-corrected chi connectivity index (χ2v) is 15.0. The molecule has 0 spiro atoms. The molecule has 4 nitrogen and oxygen atoms in total. The molecule has 34 heavy (non-hydrogen) atoms. The van der Waals surface area contributed by atoms with Crippen molar-refractivity contribution in [2.75, 3.05) is 0 Å². The molecule has 4 fully saturated rings. The number of hydrogen-bond acceptors (Lipinski definition) is 3. The fourth-order valence-corrected chi connectivity index (χ4v) is 10.6. The molecule has 0 amide bonds. The zero-order valence-corrected chi connectivity index (χ0v) is 22.6. The quantitative estimate of drug-likeness (QED) is 0.397. The van der Waals surface area contributed by atoms with Gasteiger partial charge in [-0.05, 0) is 104 Å². The molecule has 0 aromatic rings. The normalized spacial score (nSPS) is 56.3. The molecule has 0 aromatic heterocycles. The SMILES string of the molecule is CC1(C)[C@@H](O)CC[C@]2(C)[C@H]3CC=C4[C@@H]5C[C@](C)(C(=O)O)C[C@@H](O)[C@]5(C)CC[C@@]4(C)[C@]3(C)CC[C@@H]12. The van der Waals surface area contributed by atoms with E-state index >= 15 is 0 Å². The molecule has 10 atom stereocenters. The molecule has 3 N–H and O–H groups in total. The van der Waals surface area contributed by atoms with Crippen molar-refractivity contribution in [2.24, 2.45) is 50.2 Å². The van der Waals surface area contributed by atoms with E-state index in [1.165, 1.54) is 12.0 Å². The number of fused-ring (bicyclic) bond motifs is 7. The van der Waals surface area contributed by atoms with Crippen LogP contribution in [-0.2, 0) is 4.79 Å². The zero-order valence-electron chi connectivity index (χ0n) is 22.6. The maximum Gasteiger partial charge on any atom is 0.309 e. The van der Waals surface area contributed by atoms with Crippen molar-refractivity contribution in [2.45, 2.75) is 118 Å². The first kappa shape index (κ1) is 24.8. The van der Waals surface area contributed by atoms with Crippen molar-refractivity contribution >= 4 is 5.97 Å². The number of hydrogen-bond donors (Lipinski definition) is 3. The number of aliphatic hydroxyl groups is 2. The first-order valence-electron chi connectivity index (χ1n) is 13.9. The maximum absolute atomic E-state index is 12.3. The van der Waals surface area contributed by atoms with Gasteiger partial charge in [-0.25, -0.2) is 0 Å². The Balaban J connectivity index is 1.59. The zero-order chi connectivity index (χ0) is 25.1. The molecule has 5 aliphatic carbocycles. The lowest BCUT2D eigenvalue weighted by Crippen LogP contribution is -2.65. The topological polar surface area (TPSA) is 77.8 Å². The van der Waals surface area contributed by atoms with E-state index in [9.17, 15) is 20.1 Å². The number of carbonyl (C=O) groups is 1. The van der Waals surface area contributed by atoms with Gasteiger partial charge >= 0.3 is 5.97 Å². The third kappa shape index (κ3) is 2.82. The van der Waals surface area contributed by atoms with Crippen molar-refractivity contribution in [1.82, 2.24) is 0 Å². The standard InChI is InChI=1S/C30H48O4/c1-25(2)20-10-13-30(7)21(28(20,5)12-11-22(25)31)9-8-18-19-16-26(3,24(33)34)17-23(32)27(19,4)14-15-29(18,30)6/h8,19-23,31-32H,9-17H2,1-7H3,(H,33,34)/t19-,20-,21+,22-,23+,26-,27+,28-,29+,30+/m0/s1. The Morgan fingerprint density at radius 3 is 2.15 bits per heavy atom. The van der Waals surface area contributed by atoms with Gasteiger partial charge in [0.15, 0.2) is 0 Å². The number of carboxylic acids is 1. The minimum atomic E-state index is -0.867. The van der Waals surface area contributed by atoms with Crippen molar-refractivity contribution in [1.29, 1.82) is 0 Å². The molecule has 192 valence electrons. The summed E-state index contributed by atoms with van der Waals surface area (Å²) in [6.07, 6.45) is 10.1. The van der Waals surface area contributed by atoms with Gasteiger partial charge in [0, 0.05) is 5.41 Å². The Labute approximate surface area is 206 Å². The van der Waals surface area contributed by atoms with E-state index in [1.54, 1.807) is 0 Å². The largest absolute Gasteiger partial charge is 0.481 e. The summed E-state index contributed by atoms with van der Waals surface area (Å²) < 4.78 is 0. The van der Waals surface area contributed by atoms with Gasteiger partial charge in [0.05, 0.1) is 17.6 Å². The van der Waals surface area contributed by atoms with Crippen LogP contribution in [0.2, 0.25) is 0 Å². The second kappa shape index (κ2) is 7.12. The minimum absolute atomic E-state index is 0.0325. The van der Waals surface area contributed by atoms with Crippen molar-refractivity contribution in [3.63, 3.8) is 0 Å².